The van der Waals surface area contributed by atoms with Crippen LogP contribution in [0.25, 0.3) is 0 Å². The molecule has 0 bridgehead atoms. The summed E-state index contributed by atoms with van der Waals surface area (Å²) in [5.41, 5.74) is 0. The molecule has 0 saturated carbocycles. The van der Waals surface area contributed by atoms with Crippen molar-refractivity contribution in [3.8, 4) is 0 Å². The number of aromatic nitrogens is 4. The molecule has 1 aromatic rings. The molecule has 0 unspecified atom stereocenters. The first-order valence-electron chi connectivity index (χ1n) is 1.67. The van der Waals surface area contributed by atoms with E-state index in [1.54, 1.807) is 6.92 Å². The summed E-state index contributed by atoms with van der Waals surface area (Å²) in [6.45, 7) is 1.74. The van der Waals surface area contributed by atoms with E-state index >= 15 is 0 Å². The summed E-state index contributed by atoms with van der Waals surface area (Å²) in [5, 5.41) is 13.3. The quantitative estimate of drug-likeness (QED) is 0.440. The molecule has 13 heavy (non-hydrogen) atoms. The molecule has 11 heteroatoms. The first-order valence-corrected chi connectivity index (χ1v) is 3.11. The molecule has 0 atom stereocenters. The zero-order valence-electron chi connectivity index (χ0n) is 7.54. The summed E-state index contributed by atoms with van der Waals surface area (Å²) in [5.74, 6) is 0.620. The van der Waals surface area contributed by atoms with Crippen molar-refractivity contribution < 1.29 is 14.8 Å². The van der Waals surface area contributed by atoms with Crippen LogP contribution >= 0.6 is 10.1 Å². The zero-order valence-corrected chi connectivity index (χ0v) is 9.33. The summed E-state index contributed by atoms with van der Waals surface area (Å²) in [6.07, 6.45) is 0. The Kier molecular flexibility index (Phi) is 89.1. The molecule has 0 amide bonds. The molecule has 0 aliphatic carbocycles. The first kappa shape index (κ1) is 38.8. The number of nitrogens with zero attached hydrogens (tertiary/aromatic N) is 4. The molecule has 15 N–H and O–H groups in total. The van der Waals surface area contributed by atoms with E-state index in [2.05, 4.69) is 45.6 Å². The average Bonchev–Trinajstić information content (AvgIpc) is 2.24. The van der Waals surface area contributed by atoms with Gasteiger partial charge in [0.25, 0.3) is 0 Å². The summed E-state index contributed by atoms with van der Waals surface area (Å²) < 4.78 is 0. The van der Waals surface area contributed by atoms with Gasteiger partial charge in [0, 0.05) is 5.82 Å². The van der Waals surface area contributed by atoms with Crippen LogP contribution in [0.4, 0.5) is 0 Å². The average molecular weight is 263 g/mol. The van der Waals surface area contributed by atoms with E-state index in [1.807, 2.05) is 0 Å². The normalized spacial score (nSPS) is 4.54. The first-order chi connectivity index (χ1) is 3.89. The fourth-order valence-electron chi connectivity index (χ4n) is 0.189. The van der Waals surface area contributed by atoms with Crippen molar-refractivity contribution in [2.45, 2.75) is 6.92 Å². The van der Waals surface area contributed by atoms with Gasteiger partial charge in [-0.05, 0) is 6.92 Å². The van der Waals surface area contributed by atoms with Crippen LogP contribution in [0.2, 0.25) is 0 Å². The van der Waals surface area contributed by atoms with E-state index in [0.29, 0.717) is 5.82 Å². The van der Waals surface area contributed by atoms with Crippen LogP contribution in [0.15, 0.2) is 0 Å². The van der Waals surface area contributed by atoms with Crippen molar-refractivity contribution >= 4 is 10.1 Å². The van der Waals surface area contributed by atoms with Crippen LogP contribution < -0.4 is 36.0 Å². The van der Waals surface area contributed by atoms with E-state index in [9.17, 15) is 0 Å². The monoisotopic (exact) mass is 262 g/mol. The van der Waals surface area contributed by atoms with Crippen LogP contribution in [0.5, 0.6) is 0 Å². The molecule has 0 radical (unpaired) electrons. The van der Waals surface area contributed by atoms with Crippen LogP contribution in [0, 0.1) is 6.92 Å². The Morgan fingerprint density at radius 1 is 1.08 bits per heavy atom. The van der Waals surface area contributed by atoms with Gasteiger partial charge in [0.15, 0.2) is 0 Å². The number of halogens is 1. The van der Waals surface area contributed by atoms with Crippen molar-refractivity contribution in [2.24, 2.45) is 0 Å². The third kappa shape index (κ3) is 24.5. The van der Waals surface area contributed by atoms with E-state index in [-0.39, 0.29) is 30.8 Å². The topological polar surface area (TPSA) is 228 Å². The van der Waals surface area contributed by atoms with Gasteiger partial charge in [0.05, 0.1) is 0 Å². The number of aryl methyl sites for hydroxylation is 1. The van der Waals surface area contributed by atoms with Gasteiger partial charge in [-0.1, -0.05) is 0 Å². The molecule has 9 nitrogen and oxygen atoms in total. The predicted molar refractivity (Wildman–Crippen MR) is 48.8 cm³/mol. The van der Waals surface area contributed by atoms with Crippen molar-refractivity contribution in [3.63, 3.8) is 0 Å². The van der Waals surface area contributed by atoms with Crippen LogP contribution in [-0.2, 0) is 14.8 Å². The summed E-state index contributed by atoms with van der Waals surface area (Å²) in [6, 6.07) is 0. The van der Waals surface area contributed by atoms with Gasteiger partial charge in [-0.3, -0.25) is 15.5 Å². The SMILES string of the molecule is Cc1nn[n-]n1.N.N.N.N.N.[Cl][Co+]. The Labute approximate surface area is 89.5 Å². The van der Waals surface area contributed by atoms with E-state index in [1.165, 1.54) is 0 Å². The van der Waals surface area contributed by atoms with Crippen molar-refractivity contribution in [1.29, 1.82) is 0 Å². The minimum atomic E-state index is 0. The summed E-state index contributed by atoms with van der Waals surface area (Å²) in [4.78, 5) is 0. The van der Waals surface area contributed by atoms with Gasteiger partial charge in [-0.2, -0.15) is 0 Å². The Hall–Kier alpha value is -0.334. The molecular formula is C2H18ClCoN9. The zero-order chi connectivity index (χ0) is 6.41. The molecule has 1 rings (SSSR count). The van der Waals surface area contributed by atoms with Gasteiger partial charge < -0.3 is 35.9 Å². The Bertz CT molecular complexity index is 121. The fourth-order valence-corrected chi connectivity index (χ4v) is 0.189. The molecule has 0 saturated heterocycles. The van der Waals surface area contributed by atoms with Gasteiger partial charge in [0.1, 0.15) is 0 Å². The number of rotatable bonds is 0. The van der Waals surface area contributed by atoms with Gasteiger partial charge in [-0.25, -0.2) is 0 Å². The summed E-state index contributed by atoms with van der Waals surface area (Å²) in [7, 11) is 4.33. The third-order valence-electron chi connectivity index (χ3n) is 0.419. The molecule has 0 fully saturated rings. The van der Waals surface area contributed by atoms with Crippen LogP contribution in [0.1, 0.15) is 5.82 Å². The molecular weight excluding hydrogens is 244 g/mol. The van der Waals surface area contributed by atoms with Gasteiger partial charge in [-0.15, -0.1) is 0 Å². The molecule has 0 aromatic carbocycles. The maximum atomic E-state index is 4.33. The van der Waals surface area contributed by atoms with E-state index in [4.69, 9.17) is 0 Å². The third-order valence-corrected chi connectivity index (χ3v) is 0.419. The Morgan fingerprint density at radius 2 is 1.46 bits per heavy atom. The maximum absolute atomic E-state index is 4.33. The van der Waals surface area contributed by atoms with Crippen LogP contribution in [-0.4, -0.2) is 15.4 Å². The Balaban J connectivity index is -0.0000000166. The molecule has 87 valence electrons. The number of hydrogen-bond acceptors (Lipinski definition) is 8. The molecule has 1 heterocycles. The fraction of sp³-hybridized carbons (Fsp3) is 0.500. The van der Waals surface area contributed by atoms with E-state index in [0.717, 1.165) is 0 Å². The second-order valence-corrected chi connectivity index (χ2v) is 0.926. The van der Waals surface area contributed by atoms with Gasteiger partial charge in [0.2, 0.25) is 0 Å². The van der Waals surface area contributed by atoms with Crippen molar-refractivity contribution in [2.75, 3.05) is 0 Å². The Morgan fingerprint density at radius 3 is 1.54 bits per heavy atom. The standard InChI is InChI=1S/C2H3N4.ClH.Co.5H3N/c1-2-3-5-6-4-2;;;;;;;/h1H3;1H;;5*1H3/q-1;;+2;;;;;/p-1. The predicted octanol–water partition coefficient (Wildman–Crippen LogP) is 0.634. The number of tetrazole rings is 1. The van der Waals surface area contributed by atoms with Crippen LogP contribution in [0.3, 0.4) is 0 Å². The molecule has 0 spiro atoms. The summed E-state index contributed by atoms with van der Waals surface area (Å²) >= 11 is 3.03. The van der Waals surface area contributed by atoms with Crippen molar-refractivity contribution in [1.82, 2.24) is 51.4 Å². The second kappa shape index (κ2) is 29.9. The molecule has 1 aromatic heterocycles. The number of hydrogen-bond donors (Lipinski definition) is 5. The van der Waals surface area contributed by atoms with Crippen molar-refractivity contribution in [3.05, 3.63) is 5.82 Å². The second-order valence-electron chi connectivity index (χ2n) is 0.926. The van der Waals surface area contributed by atoms with Gasteiger partial charge >= 0.3 is 25.0 Å². The molecule has 0 aliphatic rings. The van der Waals surface area contributed by atoms with E-state index < -0.39 is 0 Å². The molecule has 0 aliphatic heterocycles. The minimum absolute atomic E-state index is 0.